The first kappa shape index (κ1) is 9.23. The van der Waals surface area contributed by atoms with Crippen molar-refractivity contribution in [3.63, 3.8) is 0 Å². The van der Waals surface area contributed by atoms with Crippen molar-refractivity contribution in [1.29, 1.82) is 0 Å². The summed E-state index contributed by atoms with van der Waals surface area (Å²) in [7, 11) is 0. The highest BCUT2D eigenvalue weighted by Crippen LogP contribution is 2.19. The summed E-state index contributed by atoms with van der Waals surface area (Å²) in [6, 6.07) is 3.66. The Labute approximate surface area is 82.0 Å². The van der Waals surface area contributed by atoms with Gasteiger partial charge in [-0.3, -0.25) is 4.98 Å². The number of rotatable bonds is 2. The predicted octanol–water partition coefficient (Wildman–Crippen LogP) is 2.64. The molecule has 1 rings (SSSR count). The normalized spacial score (nSPS) is 13.0. The molecule has 0 bridgehead atoms. The van der Waals surface area contributed by atoms with Crippen LogP contribution in [0.15, 0.2) is 18.3 Å². The number of aromatic nitrogens is 1. The molecule has 1 atom stereocenters. The molecule has 0 saturated heterocycles. The zero-order valence-electron chi connectivity index (χ0n) is 5.74. The van der Waals surface area contributed by atoms with E-state index in [1.807, 2.05) is 6.07 Å². The lowest BCUT2D eigenvalue weighted by molar-refractivity contribution is 1.03. The largest absolute Gasteiger partial charge is 0.259 e. The van der Waals surface area contributed by atoms with Crippen LogP contribution in [0, 0.1) is 0 Å². The molecule has 0 aromatic carbocycles. The van der Waals surface area contributed by atoms with Gasteiger partial charge in [0.15, 0.2) is 0 Å². The second-order valence-corrected chi connectivity index (χ2v) is 3.52. The van der Waals surface area contributed by atoms with Gasteiger partial charge in [0.1, 0.15) is 0 Å². The molecule has 1 nitrogen and oxygen atoms in total. The number of halogens is 1. The molecule has 0 N–H and O–H groups in total. The molecular weight excluding hydrogens is 198 g/mol. The third-order valence-corrected chi connectivity index (χ3v) is 2.59. The van der Waals surface area contributed by atoms with Crippen LogP contribution in [0.5, 0.6) is 0 Å². The van der Waals surface area contributed by atoms with Crippen LogP contribution < -0.4 is 0 Å². The lowest BCUT2D eigenvalue weighted by Crippen LogP contribution is -1.94. The van der Waals surface area contributed by atoms with Crippen LogP contribution >= 0.6 is 36.9 Å². The molecule has 0 fully saturated rings. The number of thiol groups is 2. The summed E-state index contributed by atoms with van der Waals surface area (Å²) >= 11 is 14.0. The van der Waals surface area contributed by atoms with Gasteiger partial charge < -0.3 is 0 Å². The molecule has 0 amide bonds. The average Bonchev–Trinajstić information content (AvgIpc) is 2.05. The van der Waals surface area contributed by atoms with Crippen LogP contribution in [0.25, 0.3) is 0 Å². The van der Waals surface area contributed by atoms with Crippen molar-refractivity contribution in [1.82, 2.24) is 4.98 Å². The summed E-state index contributed by atoms with van der Waals surface area (Å²) in [6.07, 6.45) is 1.61. The Bertz CT molecular complexity index is 224. The van der Waals surface area contributed by atoms with E-state index in [4.69, 9.17) is 11.6 Å². The Morgan fingerprint density at radius 3 is 2.73 bits per heavy atom. The van der Waals surface area contributed by atoms with Gasteiger partial charge in [-0.15, -0.1) is 0 Å². The number of hydrogen-bond acceptors (Lipinski definition) is 3. The molecule has 1 heterocycles. The zero-order chi connectivity index (χ0) is 8.27. The van der Waals surface area contributed by atoms with Crippen LogP contribution in [0.2, 0.25) is 5.02 Å². The number of pyridine rings is 1. The average molecular weight is 206 g/mol. The van der Waals surface area contributed by atoms with Gasteiger partial charge in [0, 0.05) is 11.9 Å². The molecule has 0 radical (unpaired) electrons. The van der Waals surface area contributed by atoms with Gasteiger partial charge >= 0.3 is 0 Å². The Hall–Kier alpha value is 0.140. The minimum Gasteiger partial charge on any atom is -0.259 e. The summed E-state index contributed by atoms with van der Waals surface area (Å²) in [6.45, 7) is 0. The topological polar surface area (TPSA) is 12.9 Å². The Morgan fingerprint density at radius 1 is 1.55 bits per heavy atom. The third-order valence-electron chi connectivity index (χ3n) is 1.26. The van der Waals surface area contributed by atoms with Crippen molar-refractivity contribution in [2.75, 3.05) is 5.75 Å². The zero-order valence-corrected chi connectivity index (χ0v) is 8.28. The van der Waals surface area contributed by atoms with E-state index >= 15 is 0 Å². The molecule has 60 valence electrons. The SMILES string of the molecule is SCC(S)c1ccc(Cl)cn1. The van der Waals surface area contributed by atoms with Crippen LogP contribution in [0.3, 0.4) is 0 Å². The summed E-state index contributed by atoms with van der Waals surface area (Å²) < 4.78 is 0. The van der Waals surface area contributed by atoms with Crippen molar-refractivity contribution in [3.05, 3.63) is 29.0 Å². The third kappa shape index (κ3) is 2.58. The minimum atomic E-state index is 0.0931. The first-order valence-electron chi connectivity index (χ1n) is 3.14. The van der Waals surface area contributed by atoms with Gasteiger partial charge in [-0.1, -0.05) is 11.6 Å². The maximum atomic E-state index is 5.65. The Kier molecular flexibility index (Phi) is 3.55. The molecule has 0 aliphatic rings. The van der Waals surface area contributed by atoms with Gasteiger partial charge in [0.2, 0.25) is 0 Å². The fourth-order valence-electron chi connectivity index (χ4n) is 0.678. The number of hydrogen-bond donors (Lipinski definition) is 2. The van der Waals surface area contributed by atoms with Gasteiger partial charge in [-0.25, -0.2) is 0 Å². The summed E-state index contributed by atoms with van der Waals surface area (Å²) in [5, 5.41) is 0.740. The fraction of sp³-hybridized carbons (Fsp3) is 0.286. The molecule has 1 aromatic rings. The summed E-state index contributed by atoms with van der Waals surface area (Å²) in [5.74, 6) is 0.678. The van der Waals surface area contributed by atoms with Crippen molar-refractivity contribution in [2.24, 2.45) is 0 Å². The molecule has 4 heteroatoms. The molecule has 11 heavy (non-hydrogen) atoms. The van der Waals surface area contributed by atoms with Crippen molar-refractivity contribution in [2.45, 2.75) is 5.25 Å². The van der Waals surface area contributed by atoms with Crippen LogP contribution in [0.1, 0.15) is 10.9 Å². The standard InChI is InChI=1S/C7H8ClNS2/c8-5-1-2-6(9-3-5)7(11)4-10/h1-3,7,10-11H,4H2. The number of nitrogens with zero attached hydrogens (tertiary/aromatic N) is 1. The molecule has 0 aliphatic carbocycles. The van der Waals surface area contributed by atoms with Crippen LogP contribution in [0.4, 0.5) is 0 Å². The van der Waals surface area contributed by atoms with E-state index in [1.165, 1.54) is 0 Å². The first-order chi connectivity index (χ1) is 5.24. The molecule has 1 unspecified atom stereocenters. The van der Waals surface area contributed by atoms with Gasteiger partial charge in [0.25, 0.3) is 0 Å². The van der Waals surface area contributed by atoms with E-state index in [-0.39, 0.29) is 5.25 Å². The van der Waals surface area contributed by atoms with Crippen LogP contribution in [-0.4, -0.2) is 10.7 Å². The molecule has 0 aliphatic heterocycles. The molecular formula is C7H8ClNS2. The lowest BCUT2D eigenvalue weighted by atomic mass is 10.3. The smallest absolute Gasteiger partial charge is 0.0589 e. The van der Waals surface area contributed by atoms with E-state index in [2.05, 4.69) is 30.2 Å². The van der Waals surface area contributed by atoms with Gasteiger partial charge in [-0.05, 0) is 12.1 Å². The fourth-order valence-corrected chi connectivity index (χ4v) is 1.13. The van der Waals surface area contributed by atoms with Gasteiger partial charge in [-0.2, -0.15) is 25.3 Å². The monoisotopic (exact) mass is 205 g/mol. The van der Waals surface area contributed by atoms with Crippen molar-refractivity contribution in [3.8, 4) is 0 Å². The minimum absolute atomic E-state index is 0.0931. The molecule has 0 saturated carbocycles. The maximum Gasteiger partial charge on any atom is 0.0589 e. The Balaban J connectivity index is 2.81. The van der Waals surface area contributed by atoms with Crippen molar-refractivity contribution >= 4 is 36.9 Å². The Morgan fingerprint density at radius 2 is 2.27 bits per heavy atom. The summed E-state index contributed by atoms with van der Waals surface area (Å²) in [5.41, 5.74) is 0.910. The highest BCUT2D eigenvalue weighted by Gasteiger charge is 2.03. The van der Waals surface area contributed by atoms with E-state index in [0.717, 1.165) is 5.69 Å². The van der Waals surface area contributed by atoms with E-state index in [1.54, 1.807) is 12.3 Å². The van der Waals surface area contributed by atoms with Gasteiger partial charge in [0.05, 0.1) is 16.0 Å². The van der Waals surface area contributed by atoms with Crippen LogP contribution in [-0.2, 0) is 0 Å². The predicted molar refractivity (Wildman–Crippen MR) is 54.8 cm³/mol. The second-order valence-electron chi connectivity index (χ2n) is 2.10. The highest BCUT2D eigenvalue weighted by molar-refractivity contribution is 7.84. The quantitative estimate of drug-likeness (QED) is 0.708. The lowest BCUT2D eigenvalue weighted by Gasteiger charge is -2.04. The van der Waals surface area contributed by atoms with E-state index in [9.17, 15) is 0 Å². The van der Waals surface area contributed by atoms with E-state index in [0.29, 0.717) is 10.8 Å². The molecule has 1 aromatic heterocycles. The summed E-state index contributed by atoms with van der Waals surface area (Å²) in [4.78, 5) is 4.09. The highest BCUT2D eigenvalue weighted by atomic mass is 35.5. The van der Waals surface area contributed by atoms with E-state index < -0.39 is 0 Å². The maximum absolute atomic E-state index is 5.65. The molecule has 0 spiro atoms. The first-order valence-corrected chi connectivity index (χ1v) is 4.67. The van der Waals surface area contributed by atoms with Crippen molar-refractivity contribution < 1.29 is 0 Å². The second kappa shape index (κ2) is 4.24.